The van der Waals surface area contributed by atoms with E-state index in [1.54, 1.807) is 0 Å². The molecular weight excluding hydrogens is 501 g/mol. The zero-order valence-electron chi connectivity index (χ0n) is 21.7. The van der Waals surface area contributed by atoms with Crippen LogP contribution in [-0.4, -0.2) is 71.9 Å². The average Bonchev–Trinajstić information content (AvgIpc) is 2.73. The summed E-state index contributed by atoms with van der Waals surface area (Å²) in [6.45, 7) is 9.43. The molecule has 0 spiro atoms. The van der Waals surface area contributed by atoms with Gasteiger partial charge in [-0.25, -0.2) is 4.79 Å². The summed E-state index contributed by atoms with van der Waals surface area (Å²) < 4.78 is 31.7. The average molecular weight is 541 g/mol. The molecular formula is C22H39F3N6O6. The van der Waals surface area contributed by atoms with E-state index in [1.807, 2.05) is 27.7 Å². The maximum Gasteiger partial charge on any atom is 0.490 e. The van der Waals surface area contributed by atoms with Crippen LogP contribution in [-0.2, 0) is 24.0 Å². The minimum Gasteiger partial charge on any atom is -0.475 e. The summed E-state index contributed by atoms with van der Waals surface area (Å²) in [7, 11) is 0. The van der Waals surface area contributed by atoms with E-state index in [1.165, 1.54) is 6.92 Å². The number of aliphatic imine (C=N–C) groups is 1. The van der Waals surface area contributed by atoms with Crippen molar-refractivity contribution >= 4 is 35.9 Å². The molecule has 0 radical (unpaired) electrons. The van der Waals surface area contributed by atoms with E-state index in [0.717, 1.165) is 0 Å². The lowest BCUT2D eigenvalue weighted by Crippen LogP contribution is -2.55. The van der Waals surface area contributed by atoms with E-state index in [9.17, 15) is 32.3 Å². The number of hydrogen-bond acceptors (Lipinski definition) is 6. The fraction of sp³-hybridized carbons (Fsp3) is 0.727. The number of aldehydes is 1. The second-order valence-corrected chi connectivity index (χ2v) is 9.08. The van der Waals surface area contributed by atoms with Crippen LogP contribution < -0.4 is 27.4 Å². The Labute approximate surface area is 214 Å². The van der Waals surface area contributed by atoms with Crippen LogP contribution in [0.4, 0.5) is 13.2 Å². The monoisotopic (exact) mass is 540 g/mol. The zero-order valence-corrected chi connectivity index (χ0v) is 21.7. The lowest BCUT2D eigenvalue weighted by molar-refractivity contribution is -0.192. The highest BCUT2D eigenvalue weighted by atomic mass is 19.4. The summed E-state index contributed by atoms with van der Waals surface area (Å²) >= 11 is 0. The molecule has 15 heteroatoms. The van der Waals surface area contributed by atoms with Crippen LogP contribution in [0.25, 0.3) is 0 Å². The first-order valence-corrected chi connectivity index (χ1v) is 11.6. The molecule has 0 unspecified atom stereocenters. The van der Waals surface area contributed by atoms with Gasteiger partial charge in [-0.05, 0) is 37.5 Å². The maximum atomic E-state index is 12.8. The Bertz CT molecular complexity index is 785. The Morgan fingerprint density at radius 3 is 1.70 bits per heavy atom. The van der Waals surface area contributed by atoms with Gasteiger partial charge in [-0.2, -0.15) is 13.2 Å². The lowest BCUT2D eigenvalue weighted by Gasteiger charge is -2.25. The molecule has 0 aromatic heterocycles. The number of alkyl halides is 3. The third-order valence-corrected chi connectivity index (χ3v) is 4.44. The van der Waals surface area contributed by atoms with Crippen molar-refractivity contribution in [3.63, 3.8) is 0 Å². The van der Waals surface area contributed by atoms with Gasteiger partial charge >= 0.3 is 12.1 Å². The van der Waals surface area contributed by atoms with E-state index in [0.29, 0.717) is 38.5 Å². The van der Waals surface area contributed by atoms with Crippen molar-refractivity contribution in [3.05, 3.63) is 0 Å². The number of carbonyl (C=O) groups is 5. The number of hydrogen-bond donors (Lipinski definition) is 6. The maximum absolute atomic E-state index is 12.8. The van der Waals surface area contributed by atoms with Crippen molar-refractivity contribution in [1.82, 2.24) is 16.0 Å². The van der Waals surface area contributed by atoms with Gasteiger partial charge in [0.25, 0.3) is 0 Å². The zero-order chi connectivity index (χ0) is 29.3. The SMILES string of the molecule is CC(=O)N[C@H](CC(C)C)C(=O)N[C@@H](CC(C)C)C(=O)N[C@H](C=O)CCCN=C(N)N.O=C(O)C(F)(F)F. The van der Waals surface area contributed by atoms with Gasteiger partial charge in [-0.15, -0.1) is 0 Å². The van der Waals surface area contributed by atoms with Crippen molar-refractivity contribution in [1.29, 1.82) is 0 Å². The van der Waals surface area contributed by atoms with Crippen molar-refractivity contribution < 1.29 is 42.3 Å². The Balaban J connectivity index is 0. The van der Waals surface area contributed by atoms with Gasteiger partial charge in [-0.1, -0.05) is 27.7 Å². The Morgan fingerprint density at radius 2 is 1.35 bits per heavy atom. The Kier molecular flexibility index (Phi) is 17.3. The first-order chi connectivity index (χ1) is 16.9. The van der Waals surface area contributed by atoms with Crippen LogP contribution in [0, 0.1) is 11.8 Å². The van der Waals surface area contributed by atoms with Gasteiger partial charge in [0.05, 0.1) is 6.04 Å². The van der Waals surface area contributed by atoms with Gasteiger partial charge in [0, 0.05) is 13.5 Å². The highest BCUT2D eigenvalue weighted by Crippen LogP contribution is 2.13. The first-order valence-electron chi connectivity index (χ1n) is 11.6. The second kappa shape index (κ2) is 17.9. The number of guanidine groups is 1. The number of nitrogens with zero attached hydrogens (tertiary/aromatic N) is 1. The van der Waals surface area contributed by atoms with Crippen molar-refractivity contribution in [3.8, 4) is 0 Å². The molecule has 0 fully saturated rings. The molecule has 3 amide bonds. The summed E-state index contributed by atoms with van der Waals surface area (Å²) in [6.07, 6.45) is -2.70. The third kappa shape index (κ3) is 19.5. The first kappa shape index (κ1) is 35.8. The number of carbonyl (C=O) groups excluding carboxylic acids is 4. The third-order valence-electron chi connectivity index (χ3n) is 4.44. The molecule has 3 atom stereocenters. The number of halogens is 3. The van der Waals surface area contributed by atoms with Gasteiger partial charge in [-0.3, -0.25) is 19.4 Å². The van der Waals surface area contributed by atoms with E-state index in [-0.39, 0.29) is 23.7 Å². The molecule has 0 rings (SSSR count). The van der Waals surface area contributed by atoms with Gasteiger partial charge in [0.15, 0.2) is 5.96 Å². The van der Waals surface area contributed by atoms with Gasteiger partial charge in [0.1, 0.15) is 18.4 Å². The van der Waals surface area contributed by atoms with Crippen molar-refractivity contribution in [2.45, 2.75) is 84.6 Å². The summed E-state index contributed by atoms with van der Waals surface area (Å²) in [5.41, 5.74) is 10.5. The lowest BCUT2D eigenvalue weighted by atomic mass is 9.99. The van der Waals surface area contributed by atoms with Crippen molar-refractivity contribution in [2.75, 3.05) is 6.54 Å². The highest BCUT2D eigenvalue weighted by Gasteiger charge is 2.38. The highest BCUT2D eigenvalue weighted by molar-refractivity contribution is 5.92. The number of nitrogens with two attached hydrogens (primary N) is 2. The molecule has 214 valence electrons. The van der Waals surface area contributed by atoms with E-state index in [2.05, 4.69) is 20.9 Å². The summed E-state index contributed by atoms with van der Waals surface area (Å²) in [6, 6.07) is -2.26. The van der Waals surface area contributed by atoms with Crippen LogP contribution >= 0.6 is 0 Å². The quantitative estimate of drug-likeness (QED) is 0.0787. The predicted octanol–water partition coefficient (Wildman–Crippen LogP) is 0.439. The minimum atomic E-state index is -5.08. The molecule has 0 aromatic carbocycles. The van der Waals surface area contributed by atoms with Crippen LogP contribution in [0.1, 0.15) is 60.3 Å². The molecule has 0 aliphatic heterocycles. The fourth-order valence-corrected chi connectivity index (χ4v) is 2.90. The van der Waals surface area contributed by atoms with E-state index < -0.39 is 42.1 Å². The molecule has 0 saturated heterocycles. The van der Waals surface area contributed by atoms with E-state index in [4.69, 9.17) is 21.4 Å². The number of carboxylic acid groups (broad SMARTS) is 1. The minimum absolute atomic E-state index is 0.0310. The largest absolute Gasteiger partial charge is 0.490 e. The van der Waals surface area contributed by atoms with Crippen LogP contribution in [0.2, 0.25) is 0 Å². The smallest absolute Gasteiger partial charge is 0.475 e. The van der Waals surface area contributed by atoms with Crippen LogP contribution in [0.3, 0.4) is 0 Å². The molecule has 0 aliphatic carbocycles. The number of amides is 3. The molecule has 0 aromatic rings. The molecule has 8 N–H and O–H groups in total. The molecule has 0 saturated carbocycles. The number of rotatable bonds is 14. The van der Waals surface area contributed by atoms with Gasteiger partial charge < -0.3 is 37.3 Å². The molecule has 37 heavy (non-hydrogen) atoms. The van der Waals surface area contributed by atoms with Crippen LogP contribution in [0.5, 0.6) is 0 Å². The van der Waals surface area contributed by atoms with E-state index >= 15 is 0 Å². The second-order valence-electron chi connectivity index (χ2n) is 9.08. The summed E-state index contributed by atoms with van der Waals surface area (Å²) in [5, 5.41) is 15.2. The standard InChI is InChI=1S/C20H38N6O4.C2HF3O2/c1-12(2)9-16(24-14(5)28)19(30)26-17(10-13(3)4)18(29)25-15(11-27)7-6-8-23-20(21)22;3-2(4,5)1(6)7/h11-13,15-17H,6-10H2,1-5H3,(H,24,28)(H,25,29)(H,26,30)(H4,21,22,23);(H,6,7)/t15-,16+,17-;/m0./s1. The summed E-state index contributed by atoms with van der Waals surface area (Å²) in [5.74, 6) is -3.67. The summed E-state index contributed by atoms with van der Waals surface area (Å²) in [4.78, 5) is 61.0. The molecule has 0 aliphatic rings. The number of carboxylic acids is 1. The predicted molar refractivity (Wildman–Crippen MR) is 130 cm³/mol. The number of nitrogens with one attached hydrogen (secondary N) is 3. The number of aliphatic carboxylic acids is 1. The van der Waals surface area contributed by atoms with Crippen molar-refractivity contribution in [2.24, 2.45) is 28.3 Å². The molecule has 0 bridgehead atoms. The Hall–Kier alpha value is -3.39. The molecule has 0 heterocycles. The topological polar surface area (TPSA) is 206 Å². The fourth-order valence-electron chi connectivity index (χ4n) is 2.90. The van der Waals surface area contributed by atoms with Gasteiger partial charge in [0.2, 0.25) is 17.7 Å². The Morgan fingerprint density at radius 1 is 0.919 bits per heavy atom. The van der Waals surface area contributed by atoms with Crippen LogP contribution in [0.15, 0.2) is 4.99 Å². The molecule has 12 nitrogen and oxygen atoms in total. The normalized spacial score (nSPS) is 13.4.